The zero-order chi connectivity index (χ0) is 22.0. The molecular formula is C23H25FN6O. The third kappa shape index (κ3) is 4.19. The second-order valence-electron chi connectivity index (χ2n) is 7.49. The Balaban J connectivity index is 1.85. The lowest BCUT2D eigenvalue weighted by Crippen LogP contribution is -2.08. The van der Waals surface area contributed by atoms with Crippen molar-refractivity contribution in [3.05, 3.63) is 60.1 Å². The summed E-state index contributed by atoms with van der Waals surface area (Å²) in [6.07, 6.45) is 3.41. The largest absolute Gasteiger partial charge is 0.492 e. The van der Waals surface area contributed by atoms with E-state index < -0.39 is 5.95 Å². The molecule has 0 aliphatic heterocycles. The number of aryl methyl sites for hydroxylation is 1. The molecule has 0 unspecified atom stereocenters. The van der Waals surface area contributed by atoms with Crippen molar-refractivity contribution >= 4 is 16.7 Å². The maximum absolute atomic E-state index is 13.5. The molecule has 0 aromatic carbocycles. The van der Waals surface area contributed by atoms with Crippen molar-refractivity contribution in [2.24, 2.45) is 0 Å². The number of fused-ring (bicyclic) bond motifs is 1. The summed E-state index contributed by atoms with van der Waals surface area (Å²) >= 11 is 0. The van der Waals surface area contributed by atoms with Crippen LogP contribution >= 0.6 is 0 Å². The number of rotatable bonds is 7. The van der Waals surface area contributed by atoms with Gasteiger partial charge in [0, 0.05) is 17.8 Å². The van der Waals surface area contributed by atoms with Gasteiger partial charge in [-0.1, -0.05) is 6.07 Å². The average molecular weight is 420 g/mol. The first kappa shape index (κ1) is 20.7. The van der Waals surface area contributed by atoms with Crippen LogP contribution in [0, 0.1) is 12.9 Å². The maximum atomic E-state index is 13.5. The van der Waals surface area contributed by atoms with Crippen molar-refractivity contribution in [1.29, 1.82) is 0 Å². The molecule has 0 atom stereocenters. The highest BCUT2D eigenvalue weighted by molar-refractivity contribution is 5.93. The third-order valence-electron chi connectivity index (χ3n) is 4.90. The van der Waals surface area contributed by atoms with Crippen LogP contribution in [0.3, 0.4) is 0 Å². The maximum Gasteiger partial charge on any atom is 0.213 e. The summed E-state index contributed by atoms with van der Waals surface area (Å²) in [5.41, 5.74) is 5.60. The summed E-state index contributed by atoms with van der Waals surface area (Å²) in [7, 11) is 0. The summed E-state index contributed by atoms with van der Waals surface area (Å²) in [4.78, 5) is 13.0. The molecule has 0 amide bonds. The van der Waals surface area contributed by atoms with Crippen molar-refractivity contribution < 1.29 is 9.13 Å². The van der Waals surface area contributed by atoms with E-state index in [2.05, 4.69) is 29.1 Å². The van der Waals surface area contributed by atoms with E-state index in [1.807, 2.05) is 30.7 Å². The highest BCUT2D eigenvalue weighted by atomic mass is 19.1. The number of aromatic nitrogens is 5. The van der Waals surface area contributed by atoms with E-state index in [0.717, 1.165) is 33.7 Å². The lowest BCUT2D eigenvalue weighted by molar-refractivity contribution is 0.340. The van der Waals surface area contributed by atoms with Gasteiger partial charge in [-0.3, -0.25) is 9.67 Å². The van der Waals surface area contributed by atoms with E-state index in [-0.39, 0.29) is 6.04 Å². The van der Waals surface area contributed by atoms with Crippen LogP contribution in [0.15, 0.2) is 42.7 Å². The highest BCUT2D eigenvalue weighted by Crippen LogP contribution is 2.35. The van der Waals surface area contributed by atoms with E-state index in [9.17, 15) is 4.39 Å². The summed E-state index contributed by atoms with van der Waals surface area (Å²) in [5.74, 6) is 0.171. The van der Waals surface area contributed by atoms with Crippen molar-refractivity contribution in [3.8, 4) is 17.0 Å². The van der Waals surface area contributed by atoms with Gasteiger partial charge in [0.15, 0.2) is 0 Å². The van der Waals surface area contributed by atoms with Crippen LogP contribution in [-0.4, -0.2) is 31.3 Å². The summed E-state index contributed by atoms with van der Waals surface area (Å²) in [6, 6.07) is 8.79. The molecule has 0 aliphatic carbocycles. The Bertz CT molecular complexity index is 1220. The molecule has 1 N–H and O–H groups in total. The normalized spacial score (nSPS) is 11.3. The number of anilines is 1. The van der Waals surface area contributed by atoms with Gasteiger partial charge < -0.3 is 10.1 Å². The summed E-state index contributed by atoms with van der Waals surface area (Å²) in [5, 5.41) is 8.12. The minimum Gasteiger partial charge on any atom is -0.492 e. The quantitative estimate of drug-likeness (QED) is 0.427. The molecule has 4 rings (SSSR count). The smallest absolute Gasteiger partial charge is 0.213 e. The molecule has 0 spiro atoms. The molecular weight excluding hydrogens is 395 g/mol. The molecule has 0 aliphatic rings. The van der Waals surface area contributed by atoms with Gasteiger partial charge >= 0.3 is 0 Å². The number of ether oxygens (including phenoxy) is 1. The Kier molecular flexibility index (Phi) is 5.79. The molecule has 0 radical (unpaired) electrons. The molecule has 4 aromatic heterocycles. The minimum atomic E-state index is -0.499. The summed E-state index contributed by atoms with van der Waals surface area (Å²) in [6.45, 7) is 8.94. The predicted octanol–water partition coefficient (Wildman–Crippen LogP) is 4.93. The van der Waals surface area contributed by atoms with Crippen LogP contribution in [0.4, 0.5) is 10.1 Å². The molecule has 0 saturated carbocycles. The first-order valence-corrected chi connectivity index (χ1v) is 10.3. The van der Waals surface area contributed by atoms with E-state index in [1.165, 1.54) is 6.07 Å². The number of halogens is 1. The van der Waals surface area contributed by atoms with Crippen molar-refractivity contribution in [3.63, 3.8) is 0 Å². The minimum absolute atomic E-state index is 0.150. The number of nitrogens with zero attached hydrogens (tertiary/aromatic N) is 5. The molecule has 0 saturated heterocycles. The van der Waals surface area contributed by atoms with Gasteiger partial charge in [0.25, 0.3) is 0 Å². The van der Waals surface area contributed by atoms with Gasteiger partial charge in [-0.05, 0) is 52.0 Å². The lowest BCUT2D eigenvalue weighted by Gasteiger charge is -2.15. The Morgan fingerprint density at radius 1 is 1.19 bits per heavy atom. The second-order valence-corrected chi connectivity index (χ2v) is 7.49. The zero-order valence-corrected chi connectivity index (χ0v) is 18.1. The Hall–Kier alpha value is -3.55. The van der Waals surface area contributed by atoms with Gasteiger partial charge in [-0.15, -0.1) is 0 Å². The van der Waals surface area contributed by atoms with Crippen LogP contribution in [-0.2, 0) is 6.54 Å². The fourth-order valence-electron chi connectivity index (χ4n) is 3.52. The zero-order valence-electron chi connectivity index (χ0n) is 18.1. The van der Waals surface area contributed by atoms with Crippen molar-refractivity contribution in [2.45, 2.75) is 40.3 Å². The van der Waals surface area contributed by atoms with Gasteiger partial charge in [0.1, 0.15) is 16.8 Å². The molecule has 7 nitrogen and oxygen atoms in total. The standard InChI is InChI=1S/C23H25FN6O/c1-5-31-20-13-25-10-9-17(20)18-11-19(26-12-16-7-6-8-21(24)27-16)23-22(28-18)15(4)29-30(23)14(2)3/h6-11,13-14H,5,12H2,1-4H3,(H,26,28). The first-order valence-electron chi connectivity index (χ1n) is 10.3. The van der Waals surface area contributed by atoms with Crippen LogP contribution < -0.4 is 10.1 Å². The number of hydrogen-bond donors (Lipinski definition) is 1. The van der Waals surface area contributed by atoms with Gasteiger partial charge in [-0.2, -0.15) is 9.49 Å². The predicted molar refractivity (Wildman–Crippen MR) is 119 cm³/mol. The molecule has 4 heterocycles. The topological polar surface area (TPSA) is 77.8 Å². The molecule has 31 heavy (non-hydrogen) atoms. The number of pyridine rings is 3. The van der Waals surface area contributed by atoms with Crippen LogP contribution in [0.25, 0.3) is 22.3 Å². The summed E-state index contributed by atoms with van der Waals surface area (Å²) < 4.78 is 21.3. The fraction of sp³-hybridized carbons (Fsp3) is 0.304. The van der Waals surface area contributed by atoms with E-state index >= 15 is 0 Å². The number of hydrogen-bond acceptors (Lipinski definition) is 6. The van der Waals surface area contributed by atoms with Crippen LogP contribution in [0.1, 0.15) is 38.2 Å². The first-order chi connectivity index (χ1) is 15.0. The molecule has 8 heteroatoms. The molecule has 0 fully saturated rings. The Labute approximate surface area is 180 Å². The van der Waals surface area contributed by atoms with Gasteiger partial charge in [0.05, 0.1) is 42.1 Å². The monoisotopic (exact) mass is 420 g/mol. The third-order valence-corrected chi connectivity index (χ3v) is 4.90. The van der Waals surface area contributed by atoms with E-state index in [0.29, 0.717) is 24.6 Å². The van der Waals surface area contributed by atoms with Crippen molar-refractivity contribution in [1.82, 2.24) is 24.7 Å². The van der Waals surface area contributed by atoms with Crippen molar-refractivity contribution in [2.75, 3.05) is 11.9 Å². The fourth-order valence-corrected chi connectivity index (χ4v) is 3.52. The highest BCUT2D eigenvalue weighted by Gasteiger charge is 2.19. The Morgan fingerprint density at radius 2 is 2.03 bits per heavy atom. The molecule has 160 valence electrons. The Morgan fingerprint density at radius 3 is 2.77 bits per heavy atom. The molecule has 4 aromatic rings. The van der Waals surface area contributed by atoms with Crippen LogP contribution in [0.2, 0.25) is 0 Å². The second kappa shape index (κ2) is 8.67. The number of nitrogens with one attached hydrogen (secondary N) is 1. The SMILES string of the molecule is CCOc1cnccc1-c1cc(NCc2cccc(F)n2)c2c(n1)c(C)nn2C(C)C. The van der Waals surface area contributed by atoms with Gasteiger partial charge in [0.2, 0.25) is 5.95 Å². The lowest BCUT2D eigenvalue weighted by atomic mass is 10.1. The van der Waals surface area contributed by atoms with Crippen LogP contribution in [0.5, 0.6) is 5.75 Å². The van der Waals surface area contributed by atoms with Gasteiger partial charge in [-0.25, -0.2) is 9.97 Å². The average Bonchev–Trinajstić information content (AvgIpc) is 3.10. The van der Waals surface area contributed by atoms with E-state index in [4.69, 9.17) is 14.8 Å². The van der Waals surface area contributed by atoms with E-state index in [1.54, 1.807) is 24.5 Å². The molecule has 0 bridgehead atoms.